The van der Waals surface area contributed by atoms with Crippen molar-refractivity contribution in [3.63, 3.8) is 0 Å². The third-order valence-corrected chi connectivity index (χ3v) is 5.13. The standard InChI is InChI=1S/C21H27N3O5.C6H13NO.CH5N/c1-13(2)29-21(28)18(9-8-14(3)25)24-20(27)12-23-19(26)10-15-11-22-17-7-5-4-6-16(15)17;1-3-4-5-7-6(2)8;1-2/h4-7,11,13,18,22H,8-10,12H2,1-3H3,(H,23,26)(H,24,27);3-5H2,1-2H3,(H,7,8);2H2,1H3. The molecule has 1 atom stereocenters. The van der Waals surface area contributed by atoms with Gasteiger partial charge in [0.2, 0.25) is 17.7 Å². The number of fused-ring (bicyclic) bond motifs is 1. The Bertz CT molecular complexity index is 1050. The number of aromatic amines is 1. The van der Waals surface area contributed by atoms with Gasteiger partial charge < -0.3 is 36.2 Å². The number of carbonyl (C=O) groups is 5. The van der Waals surface area contributed by atoms with Crippen molar-refractivity contribution in [1.82, 2.24) is 20.9 Å². The third-order valence-electron chi connectivity index (χ3n) is 5.13. The minimum absolute atomic E-state index is 0.0680. The van der Waals surface area contributed by atoms with Crippen LogP contribution in [0.1, 0.15) is 65.9 Å². The van der Waals surface area contributed by atoms with E-state index >= 15 is 0 Å². The molecule has 11 nitrogen and oxygen atoms in total. The Morgan fingerprint density at radius 2 is 1.67 bits per heavy atom. The number of Topliss-reactive ketones (excluding diaryl/α,β-unsaturated/α-hetero) is 1. The van der Waals surface area contributed by atoms with Gasteiger partial charge in [0.15, 0.2) is 0 Å². The van der Waals surface area contributed by atoms with Crippen molar-refractivity contribution < 1.29 is 28.7 Å². The van der Waals surface area contributed by atoms with Crippen molar-refractivity contribution in [2.24, 2.45) is 5.73 Å². The molecule has 0 spiro atoms. The number of ketones is 1. The van der Waals surface area contributed by atoms with Crippen LogP contribution in [-0.2, 0) is 35.1 Å². The average Bonchev–Trinajstić information content (AvgIpc) is 3.29. The molecule has 0 saturated heterocycles. The van der Waals surface area contributed by atoms with Crippen LogP contribution in [0.2, 0.25) is 0 Å². The van der Waals surface area contributed by atoms with E-state index in [1.54, 1.807) is 20.0 Å². The summed E-state index contributed by atoms with van der Waals surface area (Å²) in [7, 11) is 1.50. The number of benzene rings is 1. The molecule has 0 aliphatic rings. The summed E-state index contributed by atoms with van der Waals surface area (Å²) < 4.78 is 5.13. The molecule has 11 heteroatoms. The maximum atomic E-state index is 12.2. The number of carbonyl (C=O) groups excluding carboxylic acids is 5. The maximum Gasteiger partial charge on any atom is 0.328 e. The van der Waals surface area contributed by atoms with Crippen LogP contribution in [0, 0.1) is 0 Å². The second kappa shape index (κ2) is 20.3. The lowest BCUT2D eigenvalue weighted by molar-refractivity contribution is -0.151. The van der Waals surface area contributed by atoms with Crippen molar-refractivity contribution in [2.75, 3.05) is 20.1 Å². The number of aromatic nitrogens is 1. The van der Waals surface area contributed by atoms with Gasteiger partial charge in [0, 0.05) is 37.0 Å². The van der Waals surface area contributed by atoms with E-state index in [2.05, 4.69) is 33.6 Å². The van der Waals surface area contributed by atoms with Crippen LogP contribution in [0.4, 0.5) is 0 Å². The summed E-state index contributed by atoms with van der Waals surface area (Å²) in [6, 6.07) is 6.70. The molecular formula is C28H45N5O6. The van der Waals surface area contributed by atoms with E-state index < -0.39 is 17.9 Å². The highest BCUT2D eigenvalue weighted by molar-refractivity contribution is 5.91. The normalized spacial score (nSPS) is 10.8. The highest BCUT2D eigenvalue weighted by atomic mass is 16.5. The smallest absolute Gasteiger partial charge is 0.328 e. The number of rotatable bonds is 13. The minimum atomic E-state index is -0.931. The summed E-state index contributed by atoms with van der Waals surface area (Å²) >= 11 is 0. The Hall–Kier alpha value is -3.73. The number of hydrogen-bond acceptors (Lipinski definition) is 7. The van der Waals surface area contributed by atoms with Gasteiger partial charge in [-0.3, -0.25) is 14.4 Å². The molecule has 39 heavy (non-hydrogen) atoms. The average molecular weight is 548 g/mol. The molecule has 0 saturated carbocycles. The zero-order valence-electron chi connectivity index (χ0n) is 24.0. The van der Waals surface area contributed by atoms with Crippen LogP contribution in [0.25, 0.3) is 10.9 Å². The quantitative estimate of drug-likeness (QED) is 0.189. The van der Waals surface area contributed by atoms with E-state index in [-0.39, 0.29) is 49.5 Å². The lowest BCUT2D eigenvalue weighted by atomic mass is 10.1. The van der Waals surface area contributed by atoms with E-state index in [9.17, 15) is 24.0 Å². The Balaban J connectivity index is 0.00000124. The largest absolute Gasteiger partial charge is 0.461 e. The van der Waals surface area contributed by atoms with E-state index in [1.165, 1.54) is 20.9 Å². The van der Waals surface area contributed by atoms with Gasteiger partial charge >= 0.3 is 5.97 Å². The van der Waals surface area contributed by atoms with Crippen LogP contribution in [-0.4, -0.2) is 66.7 Å². The first kappa shape index (κ1) is 35.3. The molecule has 2 rings (SSSR count). The number of unbranched alkanes of at least 4 members (excludes halogenated alkanes) is 1. The summed E-state index contributed by atoms with van der Waals surface area (Å²) in [4.78, 5) is 61.0. The van der Waals surface area contributed by atoms with Gasteiger partial charge in [-0.05, 0) is 52.3 Å². The predicted octanol–water partition coefficient (Wildman–Crippen LogP) is 2.13. The van der Waals surface area contributed by atoms with Crippen LogP contribution in [0.15, 0.2) is 30.5 Å². The number of para-hydroxylation sites is 1. The topological polar surface area (TPSA) is 172 Å². The number of hydrogen-bond donors (Lipinski definition) is 5. The molecule has 1 aromatic carbocycles. The summed E-state index contributed by atoms with van der Waals surface area (Å²) in [6.45, 7) is 9.01. The molecule has 0 aliphatic carbocycles. The zero-order chi connectivity index (χ0) is 29.8. The molecule has 0 bridgehead atoms. The Labute approximate surface area is 231 Å². The van der Waals surface area contributed by atoms with Gasteiger partial charge in [-0.15, -0.1) is 0 Å². The Morgan fingerprint density at radius 1 is 1.00 bits per heavy atom. The number of nitrogens with one attached hydrogen (secondary N) is 4. The van der Waals surface area contributed by atoms with Gasteiger partial charge in [0.1, 0.15) is 11.8 Å². The molecule has 3 amide bonds. The van der Waals surface area contributed by atoms with E-state index in [0.717, 1.165) is 35.9 Å². The van der Waals surface area contributed by atoms with Gasteiger partial charge in [-0.25, -0.2) is 4.79 Å². The Kier molecular flexibility index (Phi) is 18.3. The molecule has 0 fully saturated rings. The summed E-state index contributed by atoms with van der Waals surface area (Å²) in [5.74, 6) is -1.45. The molecule has 2 aromatic rings. The highest BCUT2D eigenvalue weighted by Crippen LogP contribution is 2.17. The van der Waals surface area contributed by atoms with E-state index in [4.69, 9.17) is 4.74 Å². The van der Waals surface area contributed by atoms with Crippen LogP contribution in [0.3, 0.4) is 0 Å². The monoisotopic (exact) mass is 547 g/mol. The fourth-order valence-corrected chi connectivity index (χ4v) is 3.29. The van der Waals surface area contributed by atoms with Crippen molar-refractivity contribution in [1.29, 1.82) is 0 Å². The molecule has 1 aromatic heterocycles. The summed E-state index contributed by atoms with van der Waals surface area (Å²) in [5.41, 5.74) is 6.27. The van der Waals surface area contributed by atoms with Crippen LogP contribution >= 0.6 is 0 Å². The molecule has 1 unspecified atom stereocenters. The SMILES string of the molecule is CC(=O)CCC(NC(=O)CNC(=O)Cc1c[nH]c2ccccc12)C(=O)OC(C)C.CCCCNC(C)=O.CN. The molecule has 218 valence electrons. The first-order chi connectivity index (χ1) is 18.5. The first-order valence-electron chi connectivity index (χ1n) is 13.2. The molecule has 1 heterocycles. The number of nitrogens with two attached hydrogens (primary N) is 1. The van der Waals surface area contributed by atoms with Crippen LogP contribution < -0.4 is 21.7 Å². The van der Waals surface area contributed by atoms with Crippen molar-refractivity contribution >= 4 is 40.4 Å². The fraction of sp³-hybridized carbons (Fsp3) is 0.536. The van der Waals surface area contributed by atoms with Gasteiger partial charge in [-0.1, -0.05) is 31.5 Å². The lowest BCUT2D eigenvalue weighted by Gasteiger charge is -2.19. The first-order valence-corrected chi connectivity index (χ1v) is 13.2. The fourth-order valence-electron chi connectivity index (χ4n) is 3.29. The van der Waals surface area contributed by atoms with Gasteiger partial charge in [0.25, 0.3) is 0 Å². The van der Waals surface area contributed by atoms with E-state index in [0.29, 0.717) is 0 Å². The molecule has 0 aliphatic heterocycles. The maximum absolute atomic E-state index is 12.2. The van der Waals surface area contributed by atoms with E-state index in [1.807, 2.05) is 24.3 Å². The van der Waals surface area contributed by atoms with Gasteiger partial charge in [-0.2, -0.15) is 0 Å². The van der Waals surface area contributed by atoms with Crippen molar-refractivity contribution in [3.8, 4) is 0 Å². The highest BCUT2D eigenvalue weighted by Gasteiger charge is 2.23. The second-order valence-corrected chi connectivity index (χ2v) is 9.00. The molecule has 0 radical (unpaired) electrons. The zero-order valence-corrected chi connectivity index (χ0v) is 24.0. The second-order valence-electron chi connectivity index (χ2n) is 9.00. The Morgan fingerprint density at radius 3 is 2.26 bits per heavy atom. The summed E-state index contributed by atoms with van der Waals surface area (Å²) in [6.07, 6.45) is 4.07. The van der Waals surface area contributed by atoms with Crippen molar-refractivity contribution in [3.05, 3.63) is 36.0 Å². The van der Waals surface area contributed by atoms with Crippen LogP contribution in [0.5, 0.6) is 0 Å². The number of amides is 3. The number of ether oxygens (including phenoxy) is 1. The predicted molar refractivity (Wildman–Crippen MR) is 152 cm³/mol. The molecular weight excluding hydrogens is 502 g/mol. The minimum Gasteiger partial charge on any atom is -0.461 e. The van der Waals surface area contributed by atoms with Gasteiger partial charge in [0.05, 0.1) is 19.1 Å². The number of esters is 1. The third kappa shape index (κ3) is 16.0. The van der Waals surface area contributed by atoms with Crippen molar-refractivity contribution in [2.45, 2.75) is 78.9 Å². The number of H-pyrrole nitrogens is 1. The molecule has 6 N–H and O–H groups in total. The summed E-state index contributed by atoms with van der Waals surface area (Å²) in [5, 5.41) is 8.75. The lowest BCUT2D eigenvalue weighted by Crippen LogP contribution is -2.47.